The van der Waals surface area contributed by atoms with Crippen molar-refractivity contribution in [2.45, 2.75) is 13.5 Å². The molecule has 2 rings (SSSR count). The summed E-state index contributed by atoms with van der Waals surface area (Å²) in [6.07, 6.45) is 1.30. The lowest BCUT2D eigenvalue weighted by Crippen LogP contribution is -2.08. The summed E-state index contributed by atoms with van der Waals surface area (Å²) in [5.74, 6) is -0.619. The van der Waals surface area contributed by atoms with Gasteiger partial charge in [0, 0.05) is 11.1 Å². The highest BCUT2D eigenvalue weighted by Gasteiger charge is 2.09. The fourth-order valence-corrected chi connectivity index (χ4v) is 2.40. The van der Waals surface area contributed by atoms with Gasteiger partial charge in [-0.2, -0.15) is 0 Å². The maximum absolute atomic E-state index is 10.8. The van der Waals surface area contributed by atoms with Crippen LogP contribution in [-0.4, -0.2) is 21.0 Å². The number of carbonyl (C=O) groups is 1. The van der Waals surface area contributed by atoms with Gasteiger partial charge in [0.05, 0.1) is 22.1 Å². The van der Waals surface area contributed by atoms with Gasteiger partial charge in [0.15, 0.2) is 0 Å². The molecule has 0 fully saturated rings. The molecule has 7 heteroatoms. The second-order valence-electron chi connectivity index (χ2n) is 3.56. The van der Waals surface area contributed by atoms with Crippen LogP contribution in [0.3, 0.4) is 0 Å². The summed E-state index contributed by atoms with van der Waals surface area (Å²) < 4.78 is 0.727. The number of aryl methyl sites for hydroxylation is 1. The number of hydrogen-bond donors (Lipinski definition) is 2. The summed E-state index contributed by atoms with van der Waals surface area (Å²) in [6, 6.07) is 3.74. The molecule has 2 N–H and O–H groups in total. The minimum absolute atomic E-state index is 0.111. The third-order valence-electron chi connectivity index (χ3n) is 2.26. The van der Waals surface area contributed by atoms with Gasteiger partial charge in [-0.25, -0.2) is 14.8 Å². The summed E-state index contributed by atoms with van der Waals surface area (Å²) in [4.78, 5) is 19.9. The molecule has 2 heterocycles. The van der Waals surface area contributed by atoms with Crippen LogP contribution in [0.5, 0.6) is 0 Å². The summed E-state index contributed by atoms with van der Waals surface area (Å²) in [7, 11) is 0. The molecule has 0 saturated carbocycles. The van der Waals surface area contributed by atoms with Crippen molar-refractivity contribution in [1.82, 2.24) is 9.97 Å². The molecule has 0 aliphatic carbocycles. The van der Waals surface area contributed by atoms with Crippen LogP contribution >= 0.6 is 22.9 Å². The number of carboxylic acids is 1. The van der Waals surface area contributed by atoms with Crippen molar-refractivity contribution in [3.63, 3.8) is 0 Å². The average Bonchev–Trinajstić information content (AvgIpc) is 2.72. The predicted molar refractivity (Wildman–Crippen MR) is 70.4 cm³/mol. The third kappa shape index (κ3) is 2.96. The fraction of sp³-hybridized carbons (Fsp3) is 0.182. The van der Waals surface area contributed by atoms with E-state index in [1.165, 1.54) is 17.5 Å². The molecule has 2 aromatic rings. The van der Waals surface area contributed by atoms with Crippen LogP contribution < -0.4 is 5.32 Å². The Kier molecular flexibility index (Phi) is 3.78. The van der Waals surface area contributed by atoms with Crippen molar-refractivity contribution >= 4 is 34.9 Å². The van der Waals surface area contributed by atoms with Gasteiger partial charge in [-0.3, -0.25) is 0 Å². The zero-order valence-corrected chi connectivity index (χ0v) is 11.0. The van der Waals surface area contributed by atoms with Crippen LogP contribution in [0.4, 0.5) is 5.95 Å². The van der Waals surface area contributed by atoms with E-state index in [9.17, 15) is 4.79 Å². The highest BCUT2D eigenvalue weighted by Crippen LogP contribution is 2.21. The van der Waals surface area contributed by atoms with E-state index in [4.69, 9.17) is 16.7 Å². The van der Waals surface area contributed by atoms with Gasteiger partial charge < -0.3 is 10.4 Å². The number of aromatic carboxylic acids is 1. The number of rotatable bonds is 4. The van der Waals surface area contributed by atoms with Crippen molar-refractivity contribution < 1.29 is 9.90 Å². The van der Waals surface area contributed by atoms with E-state index in [0.717, 1.165) is 9.21 Å². The number of anilines is 1. The zero-order chi connectivity index (χ0) is 13.1. The first kappa shape index (κ1) is 12.8. The summed E-state index contributed by atoms with van der Waals surface area (Å²) in [5, 5.41) is 11.9. The molecule has 18 heavy (non-hydrogen) atoms. The summed E-state index contributed by atoms with van der Waals surface area (Å²) >= 11 is 7.29. The molecule has 0 spiro atoms. The van der Waals surface area contributed by atoms with Crippen LogP contribution in [-0.2, 0) is 6.54 Å². The van der Waals surface area contributed by atoms with E-state index >= 15 is 0 Å². The number of hydrogen-bond acceptors (Lipinski definition) is 5. The highest BCUT2D eigenvalue weighted by molar-refractivity contribution is 7.16. The molecule has 0 unspecified atom stereocenters. The largest absolute Gasteiger partial charge is 0.478 e. The molecule has 5 nitrogen and oxygen atoms in total. The van der Waals surface area contributed by atoms with Crippen molar-refractivity contribution in [3.8, 4) is 0 Å². The first-order valence-electron chi connectivity index (χ1n) is 5.11. The molecular formula is C11H10ClN3O2S. The Morgan fingerprint density at radius 3 is 2.89 bits per heavy atom. The van der Waals surface area contributed by atoms with Crippen molar-refractivity contribution in [1.29, 1.82) is 0 Å². The van der Waals surface area contributed by atoms with Crippen LogP contribution in [0.25, 0.3) is 0 Å². The van der Waals surface area contributed by atoms with Gasteiger partial charge in [-0.1, -0.05) is 11.6 Å². The second-order valence-corrected chi connectivity index (χ2v) is 5.36. The lowest BCUT2D eigenvalue weighted by molar-refractivity contribution is 0.0695. The molecular weight excluding hydrogens is 274 g/mol. The minimum Gasteiger partial charge on any atom is -0.478 e. The van der Waals surface area contributed by atoms with Crippen LogP contribution in [0.1, 0.15) is 20.9 Å². The number of aromatic nitrogens is 2. The standard InChI is InChI=1S/C11H10ClN3O2S/c1-6-8(10(16)17)5-14-11(15-6)13-4-7-2-3-9(12)18-7/h2-3,5H,4H2,1H3,(H,16,17)(H,13,14,15). The topological polar surface area (TPSA) is 75.1 Å². The minimum atomic E-state index is -1.02. The Balaban J connectivity index is 2.06. The van der Waals surface area contributed by atoms with Crippen molar-refractivity contribution in [2.75, 3.05) is 5.32 Å². The van der Waals surface area contributed by atoms with Gasteiger partial charge in [0.25, 0.3) is 0 Å². The van der Waals surface area contributed by atoms with E-state index < -0.39 is 5.97 Å². The van der Waals surface area contributed by atoms with Crippen LogP contribution in [0.15, 0.2) is 18.3 Å². The lowest BCUT2D eigenvalue weighted by Gasteiger charge is -2.05. The van der Waals surface area contributed by atoms with Gasteiger partial charge in [-0.15, -0.1) is 11.3 Å². The number of nitrogens with one attached hydrogen (secondary N) is 1. The molecule has 0 saturated heterocycles. The zero-order valence-electron chi connectivity index (χ0n) is 9.48. The number of halogens is 1. The molecule has 0 radical (unpaired) electrons. The van der Waals surface area contributed by atoms with Gasteiger partial charge >= 0.3 is 5.97 Å². The van der Waals surface area contributed by atoms with E-state index in [0.29, 0.717) is 18.2 Å². The van der Waals surface area contributed by atoms with Crippen molar-refractivity contribution in [3.05, 3.63) is 38.8 Å². The first-order valence-corrected chi connectivity index (χ1v) is 6.30. The van der Waals surface area contributed by atoms with Crippen molar-refractivity contribution in [2.24, 2.45) is 0 Å². The van der Waals surface area contributed by atoms with E-state index in [2.05, 4.69) is 15.3 Å². The first-order chi connectivity index (χ1) is 8.56. The third-order valence-corrected chi connectivity index (χ3v) is 3.49. The Hall–Kier alpha value is -1.66. The average molecular weight is 284 g/mol. The number of thiophene rings is 1. The van der Waals surface area contributed by atoms with E-state index in [1.54, 1.807) is 6.92 Å². The second kappa shape index (κ2) is 5.32. The predicted octanol–water partition coefficient (Wildman–Crippen LogP) is 2.81. The number of carboxylic acid groups (broad SMARTS) is 1. The molecule has 0 bridgehead atoms. The molecule has 0 aliphatic heterocycles. The number of nitrogens with zero attached hydrogens (tertiary/aromatic N) is 2. The maximum Gasteiger partial charge on any atom is 0.339 e. The summed E-state index contributed by atoms with van der Waals surface area (Å²) in [6.45, 7) is 2.20. The normalized spacial score (nSPS) is 10.3. The SMILES string of the molecule is Cc1nc(NCc2ccc(Cl)s2)ncc1C(=O)O. The fourth-order valence-electron chi connectivity index (χ4n) is 1.38. The Labute approximate surface area is 112 Å². The molecule has 0 aromatic carbocycles. The Morgan fingerprint density at radius 2 is 2.33 bits per heavy atom. The monoisotopic (exact) mass is 283 g/mol. The van der Waals surface area contributed by atoms with Crippen LogP contribution in [0.2, 0.25) is 4.34 Å². The van der Waals surface area contributed by atoms with Gasteiger partial charge in [-0.05, 0) is 19.1 Å². The molecule has 0 amide bonds. The van der Waals surface area contributed by atoms with E-state index in [-0.39, 0.29) is 5.56 Å². The lowest BCUT2D eigenvalue weighted by atomic mass is 10.2. The quantitative estimate of drug-likeness (QED) is 0.902. The molecule has 0 atom stereocenters. The Bertz CT molecular complexity index is 585. The Morgan fingerprint density at radius 1 is 1.56 bits per heavy atom. The highest BCUT2D eigenvalue weighted by atomic mass is 35.5. The maximum atomic E-state index is 10.8. The summed E-state index contributed by atoms with van der Waals surface area (Å²) in [5.41, 5.74) is 0.545. The van der Waals surface area contributed by atoms with E-state index in [1.807, 2.05) is 12.1 Å². The smallest absolute Gasteiger partial charge is 0.339 e. The van der Waals surface area contributed by atoms with Crippen LogP contribution in [0, 0.1) is 6.92 Å². The molecule has 0 aliphatic rings. The van der Waals surface area contributed by atoms with Gasteiger partial charge in [0.1, 0.15) is 0 Å². The van der Waals surface area contributed by atoms with Gasteiger partial charge in [0.2, 0.25) is 5.95 Å². The molecule has 2 aromatic heterocycles. The molecule has 94 valence electrons.